The second kappa shape index (κ2) is 12.0. The average molecular weight is 608 g/mol. The molecule has 6 rings (SSSR count). The van der Waals surface area contributed by atoms with Gasteiger partial charge in [0.1, 0.15) is 21.8 Å². The Hall–Kier alpha value is -4.34. The van der Waals surface area contributed by atoms with E-state index in [1.54, 1.807) is 13.0 Å². The number of aryl methyl sites for hydroxylation is 2. The first-order chi connectivity index (χ1) is 21.1. The molecule has 8 nitrogen and oxygen atoms in total. The van der Waals surface area contributed by atoms with Crippen molar-refractivity contribution < 1.29 is 14.1 Å². The Balaban J connectivity index is 1.18. The maximum absolute atomic E-state index is 13.4. The Kier molecular flexibility index (Phi) is 8.09. The van der Waals surface area contributed by atoms with Gasteiger partial charge in [-0.1, -0.05) is 68.4 Å². The van der Waals surface area contributed by atoms with Crippen molar-refractivity contribution in [3.8, 4) is 11.3 Å². The first-order valence-corrected chi connectivity index (χ1v) is 15.8. The fourth-order valence-electron chi connectivity index (χ4n) is 5.94. The van der Waals surface area contributed by atoms with Crippen LogP contribution in [0.15, 0.2) is 71.3 Å². The van der Waals surface area contributed by atoms with Crippen LogP contribution in [0, 0.1) is 18.3 Å². The van der Waals surface area contributed by atoms with Gasteiger partial charge in [0.15, 0.2) is 0 Å². The smallest absolute Gasteiger partial charge is 0.261 e. The number of nitrogens with two attached hydrogens (primary N) is 1. The van der Waals surface area contributed by atoms with E-state index in [-0.39, 0.29) is 23.8 Å². The minimum absolute atomic E-state index is 0.192. The minimum Gasteiger partial charge on any atom is -0.360 e. The summed E-state index contributed by atoms with van der Waals surface area (Å²) in [5.41, 5.74) is 11.9. The summed E-state index contributed by atoms with van der Waals surface area (Å²) in [6.07, 6.45) is 3.13. The van der Waals surface area contributed by atoms with E-state index in [0.717, 1.165) is 46.3 Å². The summed E-state index contributed by atoms with van der Waals surface area (Å²) in [4.78, 5) is 33.2. The van der Waals surface area contributed by atoms with Crippen molar-refractivity contribution in [2.75, 3.05) is 11.9 Å². The molecule has 0 saturated heterocycles. The Labute approximate surface area is 261 Å². The van der Waals surface area contributed by atoms with Crippen LogP contribution in [-0.4, -0.2) is 28.5 Å². The third kappa shape index (κ3) is 6.02. The zero-order chi connectivity index (χ0) is 31.0. The molecule has 0 fully saturated rings. The molecule has 0 spiro atoms. The summed E-state index contributed by atoms with van der Waals surface area (Å²) < 4.78 is 5.36. The molecule has 2 atom stereocenters. The van der Waals surface area contributed by atoms with E-state index in [4.69, 9.17) is 15.2 Å². The van der Waals surface area contributed by atoms with Crippen molar-refractivity contribution in [1.82, 2.24) is 15.5 Å². The van der Waals surface area contributed by atoms with Gasteiger partial charge in [-0.3, -0.25) is 9.59 Å². The quantitative estimate of drug-likeness (QED) is 0.181. The number of pyridine rings is 1. The van der Waals surface area contributed by atoms with Crippen LogP contribution in [0.5, 0.6) is 0 Å². The summed E-state index contributed by atoms with van der Waals surface area (Å²) in [6.45, 7) is 8.82. The molecule has 0 bridgehead atoms. The fraction of sp³-hybridized carbons (Fsp3) is 0.314. The molecule has 3 aromatic heterocycles. The Morgan fingerprint density at radius 2 is 1.86 bits per heavy atom. The van der Waals surface area contributed by atoms with E-state index >= 15 is 0 Å². The zero-order valence-corrected chi connectivity index (χ0v) is 26.3. The summed E-state index contributed by atoms with van der Waals surface area (Å²) in [5, 5.41) is 11.2. The highest BCUT2D eigenvalue weighted by atomic mass is 32.1. The molecule has 9 heteroatoms. The number of carbonyl (C=O) groups is 2. The largest absolute Gasteiger partial charge is 0.360 e. The third-order valence-corrected chi connectivity index (χ3v) is 9.59. The molecule has 1 aliphatic rings. The van der Waals surface area contributed by atoms with Crippen LogP contribution < -0.4 is 16.4 Å². The van der Waals surface area contributed by atoms with Crippen molar-refractivity contribution in [2.24, 2.45) is 17.1 Å². The van der Waals surface area contributed by atoms with Crippen LogP contribution >= 0.6 is 11.3 Å². The molecule has 0 aliphatic heterocycles. The van der Waals surface area contributed by atoms with E-state index < -0.39 is 6.04 Å². The average Bonchev–Trinajstić information content (AvgIpc) is 3.61. The third-order valence-electron chi connectivity index (χ3n) is 8.55. The molecule has 3 heterocycles. The molecular weight excluding hydrogens is 570 g/mol. The summed E-state index contributed by atoms with van der Waals surface area (Å²) >= 11 is 1.41. The Bertz CT molecular complexity index is 1840. The summed E-state index contributed by atoms with van der Waals surface area (Å²) in [6, 6.07) is 20.5. The molecule has 44 heavy (non-hydrogen) atoms. The second-order valence-corrected chi connectivity index (χ2v) is 13.6. The van der Waals surface area contributed by atoms with Crippen LogP contribution in [0.3, 0.4) is 0 Å². The van der Waals surface area contributed by atoms with Crippen LogP contribution in [0.1, 0.15) is 75.8 Å². The van der Waals surface area contributed by atoms with E-state index in [9.17, 15) is 9.59 Å². The molecule has 0 radical (unpaired) electrons. The molecule has 2 amide bonds. The molecule has 2 aromatic carbocycles. The van der Waals surface area contributed by atoms with E-state index in [2.05, 4.69) is 42.6 Å². The number of nitrogens with zero attached hydrogens (tertiary/aromatic N) is 2. The fourth-order valence-corrected chi connectivity index (χ4v) is 6.88. The lowest BCUT2D eigenvalue weighted by Crippen LogP contribution is -2.33. The maximum Gasteiger partial charge on any atom is 0.261 e. The second-order valence-electron chi connectivity index (χ2n) is 12.6. The van der Waals surface area contributed by atoms with Crippen molar-refractivity contribution in [2.45, 2.75) is 53.0 Å². The minimum atomic E-state index is -0.449. The predicted molar refractivity (Wildman–Crippen MR) is 175 cm³/mol. The van der Waals surface area contributed by atoms with Crippen LogP contribution in [0.4, 0.5) is 5.69 Å². The van der Waals surface area contributed by atoms with Gasteiger partial charge in [0.05, 0.1) is 10.9 Å². The molecule has 5 aromatic rings. The van der Waals surface area contributed by atoms with Gasteiger partial charge < -0.3 is 20.9 Å². The number of aromatic nitrogens is 2. The van der Waals surface area contributed by atoms with Crippen molar-refractivity contribution in [3.63, 3.8) is 0 Å². The highest BCUT2D eigenvalue weighted by Crippen LogP contribution is 2.38. The van der Waals surface area contributed by atoms with Gasteiger partial charge in [0.2, 0.25) is 0 Å². The van der Waals surface area contributed by atoms with Gasteiger partial charge in [-0.05, 0) is 72.9 Å². The van der Waals surface area contributed by atoms with E-state index in [1.165, 1.54) is 16.9 Å². The number of amides is 2. The molecule has 0 saturated carbocycles. The number of rotatable bonds is 7. The number of benzene rings is 2. The Morgan fingerprint density at radius 1 is 1.07 bits per heavy atom. The number of fused-ring (bicyclic) bond motifs is 2. The molecule has 226 valence electrons. The number of carbonyl (C=O) groups excluding carboxylic acids is 2. The van der Waals surface area contributed by atoms with Gasteiger partial charge in [-0.2, -0.15) is 0 Å². The molecular formula is C35H37N5O3S. The number of hydrogen-bond donors (Lipinski definition) is 3. The summed E-state index contributed by atoms with van der Waals surface area (Å²) in [7, 11) is 0. The number of thiophene rings is 1. The van der Waals surface area contributed by atoms with Crippen molar-refractivity contribution >= 4 is 39.1 Å². The van der Waals surface area contributed by atoms with Gasteiger partial charge in [-0.15, -0.1) is 11.3 Å². The van der Waals surface area contributed by atoms with Crippen molar-refractivity contribution in [1.29, 1.82) is 0 Å². The number of nitrogens with one attached hydrogen (secondary N) is 2. The standard InChI is InChI=1S/C35H37N5O3S/c1-20-30(31(40-43-20)21-9-6-5-7-10-21)33(42)37-26-12-8-11-22(17-26)28(19-36)38-32(41)29-18-24-15-23-16-25(35(2,3)4)13-14-27(23)39-34(24)44-29/h5-12,15,17-18,25,28H,13-14,16,19,36H2,1-4H3,(H,37,42)(H,38,41)/t25-,28-/m1/s1. The maximum atomic E-state index is 13.4. The van der Waals surface area contributed by atoms with Gasteiger partial charge in [0.25, 0.3) is 11.8 Å². The van der Waals surface area contributed by atoms with Crippen LogP contribution in [0.2, 0.25) is 0 Å². The van der Waals surface area contributed by atoms with Crippen LogP contribution in [0.25, 0.3) is 21.5 Å². The lowest BCUT2D eigenvalue weighted by atomic mass is 9.71. The SMILES string of the molecule is Cc1onc(-c2ccccc2)c1C(=O)Nc1cccc([C@@H](CN)NC(=O)c2cc3cc4c(nc3s2)CC[C@@H](C(C)(C)C)C4)c1. The van der Waals surface area contributed by atoms with Gasteiger partial charge >= 0.3 is 0 Å². The number of hydrogen-bond acceptors (Lipinski definition) is 7. The van der Waals surface area contributed by atoms with Crippen molar-refractivity contribution in [3.05, 3.63) is 99.8 Å². The highest BCUT2D eigenvalue weighted by Gasteiger charge is 2.30. The molecule has 0 unspecified atom stereocenters. The summed E-state index contributed by atoms with van der Waals surface area (Å²) in [5.74, 6) is 0.517. The first kappa shape index (κ1) is 29.7. The monoisotopic (exact) mass is 607 g/mol. The number of anilines is 1. The Morgan fingerprint density at radius 3 is 2.61 bits per heavy atom. The normalized spacial score (nSPS) is 15.5. The van der Waals surface area contributed by atoms with Gasteiger partial charge in [-0.25, -0.2) is 4.98 Å². The first-order valence-electron chi connectivity index (χ1n) is 15.0. The lowest BCUT2D eigenvalue weighted by molar-refractivity contribution is 0.0941. The zero-order valence-electron chi connectivity index (χ0n) is 25.4. The van der Waals surface area contributed by atoms with Gasteiger partial charge in [0, 0.05) is 28.9 Å². The van der Waals surface area contributed by atoms with E-state index in [0.29, 0.717) is 33.5 Å². The highest BCUT2D eigenvalue weighted by molar-refractivity contribution is 7.20. The molecule has 4 N–H and O–H groups in total. The predicted octanol–water partition coefficient (Wildman–Crippen LogP) is 7.09. The topological polar surface area (TPSA) is 123 Å². The van der Waals surface area contributed by atoms with E-state index in [1.807, 2.05) is 54.6 Å². The molecule has 1 aliphatic carbocycles. The lowest BCUT2D eigenvalue weighted by Gasteiger charge is -2.34. The van der Waals surface area contributed by atoms with Crippen LogP contribution in [-0.2, 0) is 12.8 Å².